The van der Waals surface area contributed by atoms with Crippen LogP contribution in [0, 0.1) is 17.8 Å². The summed E-state index contributed by atoms with van der Waals surface area (Å²) in [5, 5.41) is 2.83. The number of hydrogen-bond acceptors (Lipinski definition) is 4. The minimum atomic E-state index is -0.670. The molecule has 1 aromatic rings. The van der Waals surface area contributed by atoms with Crippen LogP contribution in [0.3, 0.4) is 0 Å². The first-order valence-electron chi connectivity index (χ1n) is 10.0. The molecule has 5 atom stereocenters. The number of carbonyl (C=O) groups excluding carboxylic acids is 2. The van der Waals surface area contributed by atoms with Crippen LogP contribution in [-0.2, 0) is 9.59 Å². The van der Waals surface area contributed by atoms with Gasteiger partial charge in [-0.05, 0) is 30.6 Å². The van der Waals surface area contributed by atoms with Crippen LogP contribution < -0.4 is 0 Å². The van der Waals surface area contributed by atoms with Crippen LogP contribution in [-0.4, -0.2) is 55.9 Å². The second kappa shape index (κ2) is 11.6. The number of thiazole rings is 1. The topological polar surface area (TPSA) is 53.5 Å². The molecule has 1 aliphatic rings. The lowest BCUT2D eigenvalue weighted by molar-refractivity contribution is -0.146. The standard InChI is InChI=1S/C20H29Cl4N3O2S/c1-11-7-14(19-25-5-6-30-19)27(10-11)20(29)15(8-12(2)17(21)22)26(4)16(28)9-13(3)18(23)24/h5-6,11-15,17-18H,7-10H2,1-4H3. The van der Waals surface area contributed by atoms with Gasteiger partial charge >= 0.3 is 0 Å². The average Bonchev–Trinajstić information content (AvgIpc) is 3.33. The molecule has 30 heavy (non-hydrogen) atoms. The molecule has 1 saturated heterocycles. The fourth-order valence-corrected chi connectivity index (χ4v) is 4.82. The third-order valence-corrected chi connectivity index (χ3v) is 8.23. The highest BCUT2D eigenvalue weighted by molar-refractivity contribution is 7.09. The van der Waals surface area contributed by atoms with Crippen molar-refractivity contribution in [2.75, 3.05) is 13.6 Å². The van der Waals surface area contributed by atoms with E-state index in [1.54, 1.807) is 24.6 Å². The maximum atomic E-state index is 13.7. The number of aromatic nitrogens is 1. The van der Waals surface area contributed by atoms with Crippen molar-refractivity contribution in [3.63, 3.8) is 0 Å². The molecule has 0 N–H and O–H groups in total. The van der Waals surface area contributed by atoms with Crippen LogP contribution in [0.1, 0.15) is 51.1 Å². The Balaban J connectivity index is 2.26. The van der Waals surface area contributed by atoms with Crippen molar-refractivity contribution in [3.05, 3.63) is 16.6 Å². The van der Waals surface area contributed by atoms with E-state index in [0.29, 0.717) is 18.9 Å². The minimum absolute atomic E-state index is 0.0782. The normalized spacial score (nSPS) is 22.4. The van der Waals surface area contributed by atoms with Crippen molar-refractivity contribution in [3.8, 4) is 0 Å². The highest BCUT2D eigenvalue weighted by atomic mass is 35.5. The summed E-state index contributed by atoms with van der Waals surface area (Å²) in [5.41, 5.74) is 0. The number of amides is 2. The van der Waals surface area contributed by atoms with Gasteiger partial charge in [-0.1, -0.05) is 20.8 Å². The van der Waals surface area contributed by atoms with Crippen molar-refractivity contribution in [2.45, 2.75) is 61.8 Å². The van der Waals surface area contributed by atoms with E-state index in [9.17, 15) is 9.59 Å². The summed E-state index contributed by atoms with van der Waals surface area (Å²) < 4.78 is 0. The molecule has 10 heteroatoms. The lowest BCUT2D eigenvalue weighted by Gasteiger charge is -2.35. The van der Waals surface area contributed by atoms with Gasteiger partial charge in [-0.15, -0.1) is 57.7 Å². The molecular weight excluding hydrogens is 488 g/mol. The number of rotatable bonds is 9. The van der Waals surface area contributed by atoms with E-state index >= 15 is 0 Å². The van der Waals surface area contributed by atoms with Crippen LogP contribution in [0.4, 0.5) is 0 Å². The fraction of sp³-hybridized carbons (Fsp3) is 0.750. The summed E-state index contributed by atoms with van der Waals surface area (Å²) in [7, 11) is 1.65. The van der Waals surface area contributed by atoms with Crippen LogP contribution in [0.15, 0.2) is 11.6 Å². The summed E-state index contributed by atoms with van der Waals surface area (Å²) in [6.45, 7) is 6.44. The Morgan fingerprint density at radius 1 is 1.23 bits per heavy atom. The quantitative estimate of drug-likeness (QED) is 0.405. The molecule has 5 nitrogen and oxygen atoms in total. The maximum absolute atomic E-state index is 13.7. The lowest BCUT2D eigenvalue weighted by Crippen LogP contribution is -2.50. The third kappa shape index (κ3) is 6.61. The molecule has 0 aromatic carbocycles. The van der Waals surface area contributed by atoms with E-state index in [4.69, 9.17) is 46.4 Å². The SMILES string of the molecule is CC1CC(c2nccs2)N(C(=O)C(CC(C)C(Cl)Cl)N(C)C(=O)CC(C)C(Cl)Cl)C1. The summed E-state index contributed by atoms with van der Waals surface area (Å²) >= 11 is 25.5. The first-order chi connectivity index (χ1) is 14.0. The zero-order chi connectivity index (χ0) is 22.6. The Morgan fingerprint density at radius 2 is 1.87 bits per heavy atom. The maximum Gasteiger partial charge on any atom is 0.245 e. The predicted molar refractivity (Wildman–Crippen MR) is 125 cm³/mol. The molecule has 1 aromatic heterocycles. The number of likely N-dealkylation sites (N-methyl/N-ethyl adjacent to an activating group) is 1. The molecule has 0 spiro atoms. The number of alkyl halides is 4. The molecule has 0 aliphatic carbocycles. The van der Waals surface area contributed by atoms with E-state index in [1.807, 2.05) is 24.1 Å². The molecule has 1 aliphatic heterocycles. The van der Waals surface area contributed by atoms with Gasteiger partial charge in [0.05, 0.1) is 6.04 Å². The summed E-state index contributed by atoms with van der Waals surface area (Å²) in [5.74, 6) is -0.318. The van der Waals surface area contributed by atoms with Crippen LogP contribution in [0.2, 0.25) is 0 Å². The molecular formula is C20H29Cl4N3O2S. The van der Waals surface area contributed by atoms with Gasteiger partial charge in [-0.25, -0.2) is 4.98 Å². The lowest BCUT2D eigenvalue weighted by atomic mass is 9.99. The second-order valence-electron chi connectivity index (χ2n) is 8.30. The van der Waals surface area contributed by atoms with Crippen molar-refractivity contribution in [1.29, 1.82) is 0 Å². The van der Waals surface area contributed by atoms with E-state index in [0.717, 1.165) is 11.4 Å². The molecule has 0 radical (unpaired) electrons. The number of nitrogens with zero attached hydrogens (tertiary/aromatic N) is 3. The first kappa shape index (κ1) is 26.0. The van der Waals surface area contributed by atoms with E-state index in [1.165, 1.54) is 4.90 Å². The average molecular weight is 517 g/mol. The van der Waals surface area contributed by atoms with Crippen LogP contribution >= 0.6 is 57.7 Å². The van der Waals surface area contributed by atoms with E-state index < -0.39 is 15.7 Å². The Morgan fingerprint density at radius 3 is 2.40 bits per heavy atom. The van der Waals surface area contributed by atoms with Crippen molar-refractivity contribution < 1.29 is 9.59 Å². The number of likely N-dealkylation sites (tertiary alicyclic amines) is 1. The molecule has 0 saturated carbocycles. The van der Waals surface area contributed by atoms with Gasteiger partial charge in [-0.2, -0.15) is 0 Å². The molecule has 0 bridgehead atoms. The number of hydrogen-bond donors (Lipinski definition) is 0. The zero-order valence-corrected chi connectivity index (χ0v) is 21.4. The summed E-state index contributed by atoms with van der Waals surface area (Å²) in [4.78, 5) is 33.1. The molecule has 2 rings (SSSR count). The van der Waals surface area contributed by atoms with Crippen LogP contribution in [0.5, 0.6) is 0 Å². The third-order valence-electron chi connectivity index (χ3n) is 5.63. The van der Waals surface area contributed by atoms with Crippen molar-refractivity contribution in [2.24, 2.45) is 17.8 Å². The zero-order valence-electron chi connectivity index (χ0n) is 17.6. The fourth-order valence-electron chi connectivity index (χ4n) is 3.68. The van der Waals surface area contributed by atoms with Gasteiger partial charge in [0.15, 0.2) is 0 Å². The second-order valence-corrected chi connectivity index (χ2v) is 11.6. The highest BCUT2D eigenvalue weighted by Gasteiger charge is 2.41. The summed E-state index contributed by atoms with van der Waals surface area (Å²) in [6.07, 6.45) is 3.13. The minimum Gasteiger partial charge on any atom is -0.334 e. The Labute approximate surface area is 203 Å². The van der Waals surface area contributed by atoms with Gasteiger partial charge in [0.25, 0.3) is 0 Å². The monoisotopic (exact) mass is 515 g/mol. The Hall–Kier alpha value is -0.270. The molecule has 1 fully saturated rings. The smallest absolute Gasteiger partial charge is 0.245 e. The summed E-state index contributed by atoms with van der Waals surface area (Å²) in [6, 6.07) is -0.748. The molecule has 2 amide bonds. The number of carbonyl (C=O) groups is 2. The molecule has 2 heterocycles. The van der Waals surface area contributed by atoms with Crippen molar-refractivity contribution >= 4 is 69.6 Å². The highest BCUT2D eigenvalue weighted by Crippen LogP contribution is 2.37. The van der Waals surface area contributed by atoms with Gasteiger partial charge in [-0.3, -0.25) is 9.59 Å². The van der Waals surface area contributed by atoms with E-state index in [-0.39, 0.29) is 36.1 Å². The first-order valence-corrected chi connectivity index (χ1v) is 12.7. The Kier molecular flexibility index (Phi) is 10.0. The van der Waals surface area contributed by atoms with Gasteiger partial charge in [0.2, 0.25) is 11.8 Å². The van der Waals surface area contributed by atoms with Gasteiger partial charge < -0.3 is 9.80 Å². The number of halogens is 4. The largest absolute Gasteiger partial charge is 0.334 e. The predicted octanol–water partition coefficient (Wildman–Crippen LogP) is 5.54. The van der Waals surface area contributed by atoms with Gasteiger partial charge in [0, 0.05) is 31.6 Å². The van der Waals surface area contributed by atoms with Crippen LogP contribution in [0.25, 0.3) is 0 Å². The van der Waals surface area contributed by atoms with Crippen molar-refractivity contribution in [1.82, 2.24) is 14.8 Å². The molecule has 5 unspecified atom stereocenters. The van der Waals surface area contributed by atoms with E-state index in [2.05, 4.69) is 11.9 Å². The van der Waals surface area contributed by atoms with Gasteiger partial charge in [0.1, 0.15) is 20.7 Å². The molecule has 170 valence electrons. The Bertz CT molecular complexity index is 704.